The number of aromatic nitrogens is 3. The number of allylic oxidation sites excluding steroid dienone is 3. The van der Waals surface area contributed by atoms with Gasteiger partial charge in [-0.05, 0) is 74.9 Å². The molecular weight excluding hydrogens is 392 g/mol. The molecule has 2 atom stereocenters. The standard InChI is InChI=1S/C25H27ClN4/c1-15-7-8-18(20-6-4-5-12-27-20)22(14-15)30-13-11-16(2)24(30)25-28-21-10-9-19(26)17(3)23(21)29-25/h4-6,9-10,12,14,16,24H,7-8,11,13H2,1-3H3,(H,28,29)/t16-,24-/m0/s1. The van der Waals surface area contributed by atoms with Crippen molar-refractivity contribution >= 4 is 28.2 Å². The van der Waals surface area contributed by atoms with Gasteiger partial charge in [0.25, 0.3) is 0 Å². The summed E-state index contributed by atoms with van der Waals surface area (Å²) in [6, 6.07) is 10.4. The number of rotatable bonds is 3. The maximum atomic E-state index is 6.35. The van der Waals surface area contributed by atoms with Crippen LogP contribution in [-0.4, -0.2) is 26.4 Å². The Morgan fingerprint density at radius 1 is 1.13 bits per heavy atom. The molecule has 1 aliphatic carbocycles. The first-order chi connectivity index (χ1) is 14.5. The molecule has 2 aliphatic rings. The Labute approximate surface area is 182 Å². The summed E-state index contributed by atoms with van der Waals surface area (Å²) in [6.07, 6.45) is 7.52. The number of halogens is 1. The number of nitrogens with zero attached hydrogens (tertiary/aromatic N) is 3. The number of aromatic amines is 1. The third kappa shape index (κ3) is 3.24. The van der Waals surface area contributed by atoms with Crippen molar-refractivity contribution in [3.8, 4) is 0 Å². The molecule has 3 aromatic rings. The molecule has 3 heterocycles. The van der Waals surface area contributed by atoms with Crippen LogP contribution in [0, 0.1) is 12.8 Å². The Morgan fingerprint density at radius 2 is 2.00 bits per heavy atom. The first-order valence-corrected chi connectivity index (χ1v) is 11.1. The van der Waals surface area contributed by atoms with Gasteiger partial charge >= 0.3 is 0 Å². The SMILES string of the molecule is CC1=CC(N2CC[C@H](C)[C@H]2c2nc3c(C)c(Cl)ccc3[nH]2)=C(c2ccccn2)CC1. The number of benzene rings is 1. The summed E-state index contributed by atoms with van der Waals surface area (Å²) in [5, 5.41) is 0.767. The molecule has 30 heavy (non-hydrogen) atoms. The highest BCUT2D eigenvalue weighted by Crippen LogP contribution is 2.43. The average Bonchev–Trinajstić information content (AvgIpc) is 3.35. The summed E-state index contributed by atoms with van der Waals surface area (Å²) < 4.78 is 0. The number of nitrogens with one attached hydrogen (secondary N) is 1. The maximum absolute atomic E-state index is 6.35. The fourth-order valence-electron chi connectivity index (χ4n) is 4.88. The van der Waals surface area contributed by atoms with Crippen molar-refractivity contribution in [2.75, 3.05) is 6.54 Å². The first-order valence-electron chi connectivity index (χ1n) is 10.8. The summed E-state index contributed by atoms with van der Waals surface area (Å²) in [7, 11) is 0. The van der Waals surface area contributed by atoms with Gasteiger partial charge in [0.1, 0.15) is 5.82 Å². The minimum absolute atomic E-state index is 0.214. The molecule has 5 rings (SSSR count). The van der Waals surface area contributed by atoms with Crippen molar-refractivity contribution in [3.05, 3.63) is 76.0 Å². The van der Waals surface area contributed by atoms with Gasteiger partial charge < -0.3 is 9.88 Å². The van der Waals surface area contributed by atoms with E-state index in [2.05, 4.69) is 46.9 Å². The second-order valence-electron chi connectivity index (χ2n) is 8.66. The van der Waals surface area contributed by atoms with Gasteiger partial charge in [0.15, 0.2) is 0 Å². The molecule has 1 fully saturated rings. The van der Waals surface area contributed by atoms with E-state index in [0.29, 0.717) is 5.92 Å². The molecule has 4 nitrogen and oxygen atoms in total. The number of fused-ring (bicyclic) bond motifs is 1. The summed E-state index contributed by atoms with van der Waals surface area (Å²) in [4.78, 5) is 15.8. The summed E-state index contributed by atoms with van der Waals surface area (Å²) in [5.74, 6) is 1.54. The number of imidazole rings is 1. The lowest BCUT2D eigenvalue weighted by atomic mass is 9.92. The average molecular weight is 419 g/mol. The number of aryl methyl sites for hydroxylation is 1. The lowest BCUT2D eigenvalue weighted by Gasteiger charge is -2.32. The smallest absolute Gasteiger partial charge is 0.130 e. The highest BCUT2D eigenvalue weighted by atomic mass is 35.5. The van der Waals surface area contributed by atoms with Gasteiger partial charge in [-0.25, -0.2) is 4.98 Å². The van der Waals surface area contributed by atoms with E-state index in [1.807, 2.05) is 31.3 Å². The molecule has 0 spiro atoms. The molecule has 0 unspecified atom stereocenters. The van der Waals surface area contributed by atoms with Crippen LogP contribution >= 0.6 is 11.6 Å². The Hall–Kier alpha value is -2.59. The first kappa shape index (κ1) is 19.4. The third-order valence-corrected chi connectivity index (χ3v) is 6.99. The van der Waals surface area contributed by atoms with Crippen LogP contribution in [0.5, 0.6) is 0 Å². The Balaban J connectivity index is 1.63. The lowest BCUT2D eigenvalue weighted by molar-refractivity contribution is 0.291. The van der Waals surface area contributed by atoms with Crippen molar-refractivity contribution in [1.29, 1.82) is 0 Å². The zero-order valence-corrected chi connectivity index (χ0v) is 18.5. The van der Waals surface area contributed by atoms with Gasteiger partial charge in [-0.1, -0.05) is 30.2 Å². The van der Waals surface area contributed by atoms with Crippen LogP contribution in [0.4, 0.5) is 0 Å². The minimum atomic E-state index is 0.214. The van der Waals surface area contributed by atoms with Gasteiger partial charge in [-0.3, -0.25) is 4.98 Å². The van der Waals surface area contributed by atoms with Crippen LogP contribution < -0.4 is 0 Å². The zero-order valence-electron chi connectivity index (χ0n) is 17.7. The molecule has 2 aromatic heterocycles. The summed E-state index contributed by atoms with van der Waals surface area (Å²) >= 11 is 6.35. The number of hydrogen-bond donors (Lipinski definition) is 1. The predicted octanol–water partition coefficient (Wildman–Crippen LogP) is 6.45. The van der Waals surface area contributed by atoms with Crippen LogP contribution in [0.3, 0.4) is 0 Å². The number of H-pyrrole nitrogens is 1. The van der Waals surface area contributed by atoms with E-state index in [0.717, 1.165) is 58.9 Å². The van der Waals surface area contributed by atoms with Crippen LogP contribution in [0.15, 0.2) is 53.9 Å². The van der Waals surface area contributed by atoms with Crippen LogP contribution in [0.1, 0.15) is 56.2 Å². The second-order valence-corrected chi connectivity index (χ2v) is 9.07. The van der Waals surface area contributed by atoms with Gasteiger partial charge in [0, 0.05) is 29.0 Å². The van der Waals surface area contributed by atoms with Crippen LogP contribution in [0.25, 0.3) is 16.6 Å². The van der Waals surface area contributed by atoms with Gasteiger partial charge in [0.05, 0.1) is 22.8 Å². The molecular formula is C25H27ClN4. The molecule has 1 saturated heterocycles. The maximum Gasteiger partial charge on any atom is 0.130 e. The Morgan fingerprint density at radius 3 is 2.80 bits per heavy atom. The Kier molecular flexibility index (Phi) is 4.90. The van der Waals surface area contributed by atoms with Crippen LogP contribution in [0.2, 0.25) is 5.02 Å². The number of likely N-dealkylation sites (tertiary alicyclic amines) is 1. The van der Waals surface area contributed by atoms with E-state index in [9.17, 15) is 0 Å². The fraction of sp³-hybridized carbons (Fsp3) is 0.360. The predicted molar refractivity (Wildman–Crippen MR) is 123 cm³/mol. The molecule has 154 valence electrons. The minimum Gasteiger partial charge on any atom is -0.361 e. The fourth-order valence-corrected chi connectivity index (χ4v) is 5.03. The van der Waals surface area contributed by atoms with E-state index in [1.165, 1.54) is 16.8 Å². The molecule has 0 radical (unpaired) electrons. The molecule has 1 N–H and O–H groups in total. The van der Waals surface area contributed by atoms with Gasteiger partial charge in [-0.2, -0.15) is 0 Å². The van der Waals surface area contributed by atoms with Gasteiger partial charge in [0.2, 0.25) is 0 Å². The van der Waals surface area contributed by atoms with Crippen LogP contribution in [-0.2, 0) is 0 Å². The second kappa shape index (κ2) is 7.59. The third-order valence-electron chi connectivity index (χ3n) is 6.59. The van der Waals surface area contributed by atoms with Crippen molar-refractivity contribution in [2.24, 2.45) is 5.92 Å². The molecule has 0 amide bonds. The quantitative estimate of drug-likeness (QED) is 0.531. The monoisotopic (exact) mass is 418 g/mol. The Bertz CT molecular complexity index is 1160. The van der Waals surface area contributed by atoms with E-state index < -0.39 is 0 Å². The normalized spacial score (nSPS) is 22.1. The molecule has 1 aliphatic heterocycles. The zero-order chi connectivity index (χ0) is 20.8. The highest BCUT2D eigenvalue weighted by Gasteiger charge is 2.37. The van der Waals surface area contributed by atoms with Crippen molar-refractivity contribution < 1.29 is 0 Å². The van der Waals surface area contributed by atoms with E-state index >= 15 is 0 Å². The van der Waals surface area contributed by atoms with Crippen molar-refractivity contribution in [3.63, 3.8) is 0 Å². The van der Waals surface area contributed by atoms with Crippen molar-refractivity contribution in [2.45, 2.75) is 46.1 Å². The number of hydrogen-bond acceptors (Lipinski definition) is 3. The number of pyridine rings is 1. The van der Waals surface area contributed by atoms with Gasteiger partial charge in [-0.15, -0.1) is 0 Å². The largest absolute Gasteiger partial charge is 0.361 e. The summed E-state index contributed by atoms with van der Waals surface area (Å²) in [5.41, 5.74) is 8.23. The topological polar surface area (TPSA) is 44.8 Å². The lowest BCUT2D eigenvalue weighted by Crippen LogP contribution is -2.27. The highest BCUT2D eigenvalue weighted by molar-refractivity contribution is 6.32. The van der Waals surface area contributed by atoms with E-state index in [4.69, 9.17) is 16.6 Å². The van der Waals surface area contributed by atoms with E-state index in [-0.39, 0.29) is 6.04 Å². The molecule has 0 saturated carbocycles. The molecule has 5 heteroatoms. The van der Waals surface area contributed by atoms with Crippen molar-refractivity contribution in [1.82, 2.24) is 19.9 Å². The summed E-state index contributed by atoms with van der Waals surface area (Å²) in [6.45, 7) is 7.63. The molecule has 0 bridgehead atoms. The molecule has 1 aromatic carbocycles. The van der Waals surface area contributed by atoms with E-state index in [1.54, 1.807) is 0 Å².